The van der Waals surface area contributed by atoms with E-state index in [9.17, 15) is 4.79 Å². The Morgan fingerprint density at radius 2 is 1.80 bits per heavy atom. The lowest BCUT2D eigenvalue weighted by atomic mass is 9.80. The minimum atomic E-state index is 0.128. The average molecular weight is 274 g/mol. The largest absolute Gasteiger partial charge is 0.354 e. The van der Waals surface area contributed by atoms with Crippen LogP contribution in [-0.2, 0) is 11.2 Å². The van der Waals surface area contributed by atoms with Gasteiger partial charge in [0, 0.05) is 12.1 Å². The molecule has 1 aromatic carbocycles. The Morgan fingerprint density at radius 1 is 1.15 bits per heavy atom. The van der Waals surface area contributed by atoms with E-state index in [1.807, 2.05) is 30.3 Å². The number of carbonyl (C=O) groups is 1. The number of amides is 1. The van der Waals surface area contributed by atoms with Crippen molar-refractivity contribution in [3.05, 3.63) is 35.9 Å². The van der Waals surface area contributed by atoms with Crippen molar-refractivity contribution in [3.8, 4) is 0 Å². The van der Waals surface area contributed by atoms with Crippen molar-refractivity contribution in [3.63, 3.8) is 0 Å². The molecular formula is C17H26N2O. The SMILES string of the molecule is CN(C)C1(CNC(=O)Cc2ccccc2)CCCCC1. The summed E-state index contributed by atoms with van der Waals surface area (Å²) in [5.41, 5.74) is 1.23. The molecule has 3 nitrogen and oxygen atoms in total. The second-order valence-corrected chi connectivity index (χ2v) is 6.12. The van der Waals surface area contributed by atoms with Gasteiger partial charge in [0.05, 0.1) is 6.42 Å². The Labute approximate surface area is 122 Å². The number of rotatable bonds is 5. The van der Waals surface area contributed by atoms with Crippen LogP contribution in [-0.4, -0.2) is 37.0 Å². The number of benzene rings is 1. The normalized spacial score (nSPS) is 17.9. The summed E-state index contributed by atoms with van der Waals surface area (Å²) in [6, 6.07) is 9.93. The fourth-order valence-electron chi connectivity index (χ4n) is 3.10. The molecule has 0 heterocycles. The molecule has 0 atom stereocenters. The van der Waals surface area contributed by atoms with E-state index in [-0.39, 0.29) is 11.4 Å². The molecule has 0 aromatic heterocycles. The highest BCUT2D eigenvalue weighted by Gasteiger charge is 2.34. The van der Waals surface area contributed by atoms with E-state index in [4.69, 9.17) is 0 Å². The standard InChI is InChI=1S/C17H26N2O/c1-19(2)17(11-7-4-8-12-17)14-18-16(20)13-15-9-5-3-6-10-15/h3,5-6,9-10H,4,7-8,11-14H2,1-2H3,(H,18,20). The smallest absolute Gasteiger partial charge is 0.224 e. The maximum absolute atomic E-state index is 12.1. The molecule has 20 heavy (non-hydrogen) atoms. The van der Waals surface area contributed by atoms with E-state index in [0.717, 1.165) is 12.1 Å². The van der Waals surface area contributed by atoms with Crippen LogP contribution in [0.1, 0.15) is 37.7 Å². The van der Waals surface area contributed by atoms with Crippen LogP contribution < -0.4 is 5.32 Å². The van der Waals surface area contributed by atoms with Gasteiger partial charge in [0.15, 0.2) is 0 Å². The molecule has 110 valence electrons. The highest BCUT2D eigenvalue weighted by atomic mass is 16.1. The quantitative estimate of drug-likeness (QED) is 0.895. The topological polar surface area (TPSA) is 32.3 Å². The zero-order chi connectivity index (χ0) is 14.4. The third-order valence-electron chi connectivity index (χ3n) is 4.56. The predicted octanol–water partition coefficient (Wildman–Crippen LogP) is 2.61. The van der Waals surface area contributed by atoms with E-state index in [2.05, 4.69) is 24.3 Å². The van der Waals surface area contributed by atoms with Crippen LogP contribution in [0, 0.1) is 0 Å². The summed E-state index contributed by atoms with van der Waals surface area (Å²) in [5.74, 6) is 0.128. The summed E-state index contributed by atoms with van der Waals surface area (Å²) in [4.78, 5) is 14.4. The minimum Gasteiger partial charge on any atom is -0.354 e. The minimum absolute atomic E-state index is 0.128. The second kappa shape index (κ2) is 6.89. The van der Waals surface area contributed by atoms with Gasteiger partial charge in [-0.3, -0.25) is 4.79 Å². The first-order chi connectivity index (χ1) is 9.62. The van der Waals surface area contributed by atoms with E-state index in [1.54, 1.807) is 0 Å². The Bertz CT molecular complexity index is 422. The molecule has 1 aromatic rings. The molecule has 0 spiro atoms. The van der Waals surface area contributed by atoms with Gasteiger partial charge >= 0.3 is 0 Å². The number of nitrogens with one attached hydrogen (secondary N) is 1. The van der Waals surface area contributed by atoms with Crippen molar-refractivity contribution in [1.29, 1.82) is 0 Å². The number of hydrogen-bond acceptors (Lipinski definition) is 2. The van der Waals surface area contributed by atoms with Crippen LogP contribution in [0.3, 0.4) is 0 Å². The van der Waals surface area contributed by atoms with Gasteiger partial charge in [0.25, 0.3) is 0 Å². The van der Waals surface area contributed by atoms with Crippen LogP contribution in [0.4, 0.5) is 0 Å². The van der Waals surface area contributed by atoms with Crippen molar-refractivity contribution < 1.29 is 4.79 Å². The molecule has 0 aliphatic heterocycles. The average Bonchev–Trinajstić information content (AvgIpc) is 2.47. The van der Waals surface area contributed by atoms with Gasteiger partial charge in [-0.25, -0.2) is 0 Å². The highest BCUT2D eigenvalue weighted by molar-refractivity contribution is 5.78. The van der Waals surface area contributed by atoms with Gasteiger partial charge in [0.2, 0.25) is 5.91 Å². The molecule has 0 radical (unpaired) electrons. The van der Waals surface area contributed by atoms with E-state index >= 15 is 0 Å². The summed E-state index contributed by atoms with van der Waals surface area (Å²) in [5, 5.41) is 3.14. The molecular weight excluding hydrogens is 248 g/mol. The molecule has 2 rings (SSSR count). The zero-order valence-corrected chi connectivity index (χ0v) is 12.7. The molecule has 1 amide bonds. The molecule has 0 saturated heterocycles. The van der Waals surface area contributed by atoms with Crippen molar-refractivity contribution >= 4 is 5.91 Å². The maximum atomic E-state index is 12.1. The summed E-state index contributed by atoms with van der Waals surface area (Å²) in [6.45, 7) is 0.770. The fourth-order valence-corrected chi connectivity index (χ4v) is 3.10. The van der Waals surface area contributed by atoms with Gasteiger partial charge in [-0.1, -0.05) is 49.6 Å². The molecule has 1 fully saturated rings. The highest BCUT2D eigenvalue weighted by Crippen LogP contribution is 2.31. The molecule has 1 N–H and O–H groups in total. The van der Waals surface area contributed by atoms with Crippen molar-refractivity contribution in [2.24, 2.45) is 0 Å². The van der Waals surface area contributed by atoms with Crippen molar-refractivity contribution in [2.45, 2.75) is 44.1 Å². The number of carbonyl (C=O) groups excluding carboxylic acids is 1. The van der Waals surface area contributed by atoms with Gasteiger partial charge in [-0.2, -0.15) is 0 Å². The van der Waals surface area contributed by atoms with Crippen LogP contribution in [0.5, 0.6) is 0 Å². The fraction of sp³-hybridized carbons (Fsp3) is 0.588. The summed E-state index contributed by atoms with van der Waals surface area (Å²) >= 11 is 0. The molecule has 1 saturated carbocycles. The Kier molecular flexibility index (Phi) is 5.18. The molecule has 1 aliphatic carbocycles. The zero-order valence-electron chi connectivity index (χ0n) is 12.7. The molecule has 0 unspecified atom stereocenters. The number of likely N-dealkylation sites (N-methyl/N-ethyl adjacent to an activating group) is 1. The summed E-state index contributed by atoms with van der Waals surface area (Å²) < 4.78 is 0. The third-order valence-corrected chi connectivity index (χ3v) is 4.56. The molecule has 1 aliphatic rings. The van der Waals surface area contributed by atoms with E-state index < -0.39 is 0 Å². The van der Waals surface area contributed by atoms with Crippen molar-refractivity contribution in [2.75, 3.05) is 20.6 Å². The van der Waals surface area contributed by atoms with Crippen LogP contribution >= 0.6 is 0 Å². The third kappa shape index (κ3) is 3.83. The maximum Gasteiger partial charge on any atom is 0.224 e. The number of nitrogens with zero attached hydrogens (tertiary/aromatic N) is 1. The van der Waals surface area contributed by atoms with Gasteiger partial charge < -0.3 is 10.2 Å². The number of hydrogen-bond donors (Lipinski definition) is 1. The monoisotopic (exact) mass is 274 g/mol. The predicted molar refractivity (Wildman–Crippen MR) is 82.7 cm³/mol. The van der Waals surface area contributed by atoms with E-state index in [1.165, 1.54) is 32.1 Å². The van der Waals surface area contributed by atoms with Crippen LogP contribution in [0.2, 0.25) is 0 Å². The Hall–Kier alpha value is -1.35. The van der Waals surface area contributed by atoms with Gasteiger partial charge in [0.1, 0.15) is 0 Å². The van der Waals surface area contributed by atoms with E-state index in [0.29, 0.717) is 6.42 Å². The lowest BCUT2D eigenvalue weighted by Crippen LogP contribution is -2.54. The van der Waals surface area contributed by atoms with Crippen LogP contribution in [0.25, 0.3) is 0 Å². The molecule has 3 heteroatoms. The lowest BCUT2D eigenvalue weighted by Gasteiger charge is -2.43. The summed E-state index contributed by atoms with van der Waals surface area (Å²) in [6.07, 6.45) is 6.72. The first-order valence-corrected chi connectivity index (χ1v) is 7.60. The van der Waals surface area contributed by atoms with Gasteiger partial charge in [-0.05, 0) is 32.5 Å². The van der Waals surface area contributed by atoms with Gasteiger partial charge in [-0.15, -0.1) is 0 Å². The molecule has 0 bridgehead atoms. The van der Waals surface area contributed by atoms with Crippen molar-refractivity contribution in [1.82, 2.24) is 10.2 Å². The second-order valence-electron chi connectivity index (χ2n) is 6.12. The summed E-state index contributed by atoms with van der Waals surface area (Å²) in [7, 11) is 4.27. The lowest BCUT2D eigenvalue weighted by molar-refractivity contribution is -0.121. The first kappa shape index (κ1) is 15.0. The van der Waals surface area contributed by atoms with Crippen LogP contribution in [0.15, 0.2) is 30.3 Å². The Balaban J connectivity index is 1.88. The Morgan fingerprint density at radius 3 is 2.40 bits per heavy atom. The first-order valence-electron chi connectivity index (χ1n) is 7.60.